The second-order valence-corrected chi connectivity index (χ2v) is 4.82. The van der Waals surface area contributed by atoms with Crippen LogP contribution in [0, 0.1) is 0 Å². The predicted octanol–water partition coefficient (Wildman–Crippen LogP) is 2.21. The molecule has 1 N–H and O–H groups in total. The second kappa shape index (κ2) is 7.17. The van der Waals surface area contributed by atoms with Crippen LogP contribution in [0.1, 0.15) is 31.9 Å². The molecule has 0 radical (unpaired) electrons. The number of rotatable bonds is 6. The zero-order chi connectivity index (χ0) is 13.5. The SMILES string of the molecule is CCc1ccccc1CNCC(=O)N(C)C(C)C. The maximum Gasteiger partial charge on any atom is 0.236 e. The van der Waals surface area contributed by atoms with Crippen molar-refractivity contribution in [1.82, 2.24) is 10.2 Å². The zero-order valence-corrected chi connectivity index (χ0v) is 11.9. The monoisotopic (exact) mass is 248 g/mol. The van der Waals surface area contributed by atoms with Crippen LogP contribution in [0.15, 0.2) is 24.3 Å². The van der Waals surface area contributed by atoms with Crippen molar-refractivity contribution in [3.05, 3.63) is 35.4 Å². The third-order valence-electron chi connectivity index (χ3n) is 3.26. The molecule has 0 saturated carbocycles. The predicted molar refractivity (Wildman–Crippen MR) is 75.4 cm³/mol. The van der Waals surface area contributed by atoms with Crippen LogP contribution in [0.2, 0.25) is 0 Å². The van der Waals surface area contributed by atoms with E-state index in [2.05, 4.69) is 30.4 Å². The van der Waals surface area contributed by atoms with Crippen molar-refractivity contribution in [1.29, 1.82) is 0 Å². The molecule has 0 aliphatic heterocycles. The lowest BCUT2D eigenvalue weighted by Gasteiger charge is -2.21. The molecule has 100 valence electrons. The molecule has 1 amide bonds. The lowest BCUT2D eigenvalue weighted by molar-refractivity contribution is -0.130. The van der Waals surface area contributed by atoms with Gasteiger partial charge in [-0.15, -0.1) is 0 Å². The van der Waals surface area contributed by atoms with Crippen molar-refractivity contribution >= 4 is 5.91 Å². The van der Waals surface area contributed by atoms with Gasteiger partial charge in [-0.05, 0) is 31.4 Å². The highest BCUT2D eigenvalue weighted by atomic mass is 16.2. The van der Waals surface area contributed by atoms with Gasteiger partial charge in [-0.1, -0.05) is 31.2 Å². The first-order valence-corrected chi connectivity index (χ1v) is 6.59. The van der Waals surface area contributed by atoms with Gasteiger partial charge in [0.05, 0.1) is 6.54 Å². The van der Waals surface area contributed by atoms with Crippen LogP contribution in [-0.4, -0.2) is 30.4 Å². The van der Waals surface area contributed by atoms with E-state index in [0.717, 1.165) is 13.0 Å². The number of carbonyl (C=O) groups is 1. The molecule has 0 heterocycles. The summed E-state index contributed by atoms with van der Waals surface area (Å²) in [7, 11) is 1.84. The Bertz CT molecular complexity index is 388. The molecule has 18 heavy (non-hydrogen) atoms. The van der Waals surface area contributed by atoms with Gasteiger partial charge in [-0.25, -0.2) is 0 Å². The minimum atomic E-state index is 0.138. The van der Waals surface area contributed by atoms with E-state index in [0.29, 0.717) is 6.54 Å². The highest BCUT2D eigenvalue weighted by Crippen LogP contribution is 2.08. The third-order valence-corrected chi connectivity index (χ3v) is 3.26. The number of nitrogens with one attached hydrogen (secondary N) is 1. The number of nitrogens with zero attached hydrogens (tertiary/aromatic N) is 1. The lowest BCUT2D eigenvalue weighted by Crippen LogP contribution is -2.39. The molecule has 0 saturated heterocycles. The molecule has 0 atom stereocenters. The molecule has 0 spiro atoms. The van der Waals surface area contributed by atoms with E-state index in [-0.39, 0.29) is 11.9 Å². The van der Waals surface area contributed by atoms with Crippen LogP contribution in [0.3, 0.4) is 0 Å². The van der Waals surface area contributed by atoms with Gasteiger partial charge in [0.25, 0.3) is 0 Å². The summed E-state index contributed by atoms with van der Waals surface area (Å²) >= 11 is 0. The van der Waals surface area contributed by atoms with Gasteiger partial charge < -0.3 is 10.2 Å². The van der Waals surface area contributed by atoms with Crippen molar-refractivity contribution in [3.63, 3.8) is 0 Å². The Morgan fingerprint density at radius 1 is 1.28 bits per heavy atom. The first-order chi connectivity index (χ1) is 8.56. The van der Waals surface area contributed by atoms with Gasteiger partial charge in [0.2, 0.25) is 5.91 Å². The van der Waals surface area contributed by atoms with Gasteiger partial charge in [0, 0.05) is 19.6 Å². The van der Waals surface area contributed by atoms with Crippen LogP contribution in [-0.2, 0) is 17.8 Å². The van der Waals surface area contributed by atoms with Crippen LogP contribution >= 0.6 is 0 Å². The van der Waals surface area contributed by atoms with Crippen LogP contribution in [0.25, 0.3) is 0 Å². The molecule has 0 fully saturated rings. The molecule has 0 bridgehead atoms. The van der Waals surface area contributed by atoms with Gasteiger partial charge in [0.15, 0.2) is 0 Å². The number of amides is 1. The van der Waals surface area contributed by atoms with Gasteiger partial charge in [0.1, 0.15) is 0 Å². The maximum absolute atomic E-state index is 11.8. The summed E-state index contributed by atoms with van der Waals surface area (Å²) in [6, 6.07) is 8.60. The van der Waals surface area contributed by atoms with Crippen molar-refractivity contribution in [2.75, 3.05) is 13.6 Å². The number of carbonyl (C=O) groups excluding carboxylic acids is 1. The molecular weight excluding hydrogens is 224 g/mol. The average molecular weight is 248 g/mol. The smallest absolute Gasteiger partial charge is 0.236 e. The van der Waals surface area contributed by atoms with Crippen molar-refractivity contribution in [3.8, 4) is 0 Å². The minimum Gasteiger partial charge on any atom is -0.342 e. The van der Waals surface area contributed by atoms with Crippen LogP contribution in [0.5, 0.6) is 0 Å². The number of benzene rings is 1. The van der Waals surface area contributed by atoms with E-state index in [9.17, 15) is 4.79 Å². The topological polar surface area (TPSA) is 32.3 Å². The highest BCUT2D eigenvalue weighted by Gasteiger charge is 2.11. The summed E-state index contributed by atoms with van der Waals surface area (Å²) in [5.41, 5.74) is 2.62. The number of hydrogen-bond donors (Lipinski definition) is 1. The van der Waals surface area contributed by atoms with E-state index in [1.54, 1.807) is 4.90 Å². The molecule has 1 rings (SSSR count). The van der Waals surface area contributed by atoms with Gasteiger partial charge in [-0.3, -0.25) is 4.79 Å². The first kappa shape index (κ1) is 14.7. The third kappa shape index (κ3) is 4.15. The maximum atomic E-state index is 11.8. The second-order valence-electron chi connectivity index (χ2n) is 4.82. The largest absolute Gasteiger partial charge is 0.342 e. The fourth-order valence-electron chi connectivity index (χ4n) is 1.79. The Morgan fingerprint density at radius 2 is 1.89 bits per heavy atom. The molecule has 0 aromatic heterocycles. The minimum absolute atomic E-state index is 0.138. The summed E-state index contributed by atoms with van der Waals surface area (Å²) in [5, 5.41) is 3.22. The molecule has 0 unspecified atom stereocenters. The number of hydrogen-bond acceptors (Lipinski definition) is 2. The van der Waals surface area contributed by atoms with E-state index < -0.39 is 0 Å². The quantitative estimate of drug-likeness (QED) is 0.837. The van der Waals surface area contributed by atoms with Gasteiger partial charge in [-0.2, -0.15) is 0 Å². The normalized spacial score (nSPS) is 10.7. The van der Waals surface area contributed by atoms with Crippen LogP contribution < -0.4 is 5.32 Å². The Kier molecular flexibility index (Phi) is 5.86. The average Bonchev–Trinajstić information content (AvgIpc) is 2.38. The van der Waals surface area contributed by atoms with Crippen molar-refractivity contribution in [2.24, 2.45) is 0 Å². The number of likely N-dealkylation sites (N-methyl/N-ethyl adjacent to an activating group) is 1. The molecule has 3 nitrogen and oxygen atoms in total. The fraction of sp³-hybridized carbons (Fsp3) is 0.533. The van der Waals surface area contributed by atoms with E-state index in [4.69, 9.17) is 0 Å². The molecule has 1 aromatic rings. The summed E-state index contributed by atoms with van der Waals surface area (Å²) in [5.74, 6) is 0.138. The highest BCUT2D eigenvalue weighted by molar-refractivity contribution is 5.78. The summed E-state index contributed by atoms with van der Waals surface area (Å²) in [4.78, 5) is 13.6. The molecular formula is C15H24N2O. The summed E-state index contributed by atoms with van der Waals surface area (Å²) < 4.78 is 0. The van der Waals surface area contributed by atoms with Crippen molar-refractivity contribution < 1.29 is 4.79 Å². The molecule has 1 aromatic carbocycles. The van der Waals surface area contributed by atoms with E-state index in [1.807, 2.05) is 27.0 Å². The Hall–Kier alpha value is -1.35. The Labute approximate surface area is 110 Å². The van der Waals surface area contributed by atoms with Crippen molar-refractivity contribution in [2.45, 2.75) is 39.8 Å². The Morgan fingerprint density at radius 3 is 2.44 bits per heavy atom. The lowest BCUT2D eigenvalue weighted by atomic mass is 10.1. The summed E-state index contributed by atoms with van der Waals surface area (Å²) in [6.45, 7) is 7.33. The summed E-state index contributed by atoms with van der Waals surface area (Å²) in [6.07, 6.45) is 1.03. The van der Waals surface area contributed by atoms with E-state index >= 15 is 0 Å². The molecule has 3 heteroatoms. The first-order valence-electron chi connectivity index (χ1n) is 6.59. The van der Waals surface area contributed by atoms with Crippen LogP contribution in [0.4, 0.5) is 0 Å². The van der Waals surface area contributed by atoms with E-state index in [1.165, 1.54) is 11.1 Å². The Balaban J connectivity index is 2.44. The fourth-order valence-corrected chi connectivity index (χ4v) is 1.79. The number of aryl methyl sites for hydroxylation is 1. The van der Waals surface area contributed by atoms with Gasteiger partial charge >= 0.3 is 0 Å². The standard InChI is InChI=1S/C15H24N2O/c1-5-13-8-6-7-9-14(13)10-16-11-15(18)17(4)12(2)3/h6-9,12,16H,5,10-11H2,1-4H3. The molecule has 0 aliphatic rings. The molecule has 0 aliphatic carbocycles. The zero-order valence-electron chi connectivity index (χ0n) is 11.9.